The Morgan fingerprint density at radius 1 is 1.06 bits per heavy atom. The minimum Gasteiger partial charge on any atom is -0.299 e. The number of rotatable bonds is 5. The highest BCUT2D eigenvalue weighted by Crippen LogP contribution is 2.39. The molecule has 158 valence electrons. The molecule has 3 aromatic heterocycles. The van der Waals surface area contributed by atoms with Gasteiger partial charge >= 0.3 is 0 Å². The van der Waals surface area contributed by atoms with E-state index in [1.54, 1.807) is 18.3 Å². The number of benzene rings is 1. The summed E-state index contributed by atoms with van der Waals surface area (Å²) in [5.41, 5.74) is 1.40. The van der Waals surface area contributed by atoms with E-state index in [0.29, 0.717) is 28.7 Å². The Kier molecular flexibility index (Phi) is 5.50. The fraction of sp³-hybridized carbons (Fsp3) is 0.364. The average molecular weight is 434 g/mol. The van der Waals surface area contributed by atoms with E-state index in [2.05, 4.69) is 37.0 Å². The smallest absolute Gasteiger partial charge is 0.278 e. The summed E-state index contributed by atoms with van der Waals surface area (Å²) in [6, 6.07) is 11.5. The Morgan fingerprint density at radius 2 is 1.94 bits per heavy atom. The molecule has 9 heteroatoms. The van der Waals surface area contributed by atoms with Crippen LogP contribution >= 0.6 is 11.8 Å². The summed E-state index contributed by atoms with van der Waals surface area (Å²) in [4.78, 5) is 17.1. The van der Waals surface area contributed by atoms with Crippen molar-refractivity contribution in [3.05, 3.63) is 59.1 Å². The van der Waals surface area contributed by atoms with Crippen molar-refractivity contribution < 1.29 is 0 Å². The molecule has 0 radical (unpaired) electrons. The molecule has 2 atom stereocenters. The highest BCUT2D eigenvalue weighted by molar-refractivity contribution is 7.98. The first-order valence-corrected chi connectivity index (χ1v) is 11.5. The van der Waals surface area contributed by atoms with E-state index >= 15 is 0 Å². The number of hydrogen-bond donors (Lipinski definition) is 0. The van der Waals surface area contributed by atoms with Crippen LogP contribution in [0.25, 0.3) is 22.3 Å². The van der Waals surface area contributed by atoms with Gasteiger partial charge in [-0.2, -0.15) is 4.68 Å². The molecule has 1 fully saturated rings. The molecular weight excluding hydrogens is 410 g/mol. The van der Waals surface area contributed by atoms with E-state index in [4.69, 9.17) is 0 Å². The van der Waals surface area contributed by atoms with Crippen LogP contribution in [0.3, 0.4) is 0 Å². The van der Waals surface area contributed by atoms with Gasteiger partial charge in [0, 0.05) is 24.0 Å². The molecule has 0 amide bonds. The van der Waals surface area contributed by atoms with Crippen LogP contribution in [0, 0.1) is 5.92 Å². The minimum atomic E-state index is -0.150. The zero-order valence-electron chi connectivity index (χ0n) is 17.3. The van der Waals surface area contributed by atoms with Crippen molar-refractivity contribution in [2.24, 2.45) is 5.92 Å². The maximum absolute atomic E-state index is 12.8. The number of aromatic nitrogens is 7. The number of thioether (sulfide) groups is 1. The van der Waals surface area contributed by atoms with Gasteiger partial charge in [0.25, 0.3) is 5.56 Å². The third-order valence-corrected chi connectivity index (χ3v) is 6.84. The van der Waals surface area contributed by atoms with Crippen LogP contribution in [0.4, 0.5) is 0 Å². The van der Waals surface area contributed by atoms with Crippen molar-refractivity contribution in [1.29, 1.82) is 0 Å². The first kappa shape index (κ1) is 19.9. The molecule has 1 saturated carbocycles. The van der Waals surface area contributed by atoms with Crippen LogP contribution in [0.2, 0.25) is 0 Å². The minimum absolute atomic E-state index is 0.150. The third kappa shape index (κ3) is 3.85. The van der Waals surface area contributed by atoms with Crippen molar-refractivity contribution in [2.75, 3.05) is 0 Å². The molecule has 1 aliphatic rings. The summed E-state index contributed by atoms with van der Waals surface area (Å²) < 4.78 is 3.63. The summed E-state index contributed by atoms with van der Waals surface area (Å²) in [6.45, 7) is 2.30. The van der Waals surface area contributed by atoms with Crippen LogP contribution in [-0.4, -0.2) is 34.7 Å². The van der Waals surface area contributed by atoms with Gasteiger partial charge < -0.3 is 0 Å². The summed E-state index contributed by atoms with van der Waals surface area (Å²) in [5.74, 6) is 1.68. The average Bonchev–Trinajstić information content (AvgIpc) is 3.23. The van der Waals surface area contributed by atoms with Gasteiger partial charge in [0.2, 0.25) is 0 Å². The van der Waals surface area contributed by atoms with E-state index in [-0.39, 0.29) is 5.56 Å². The second kappa shape index (κ2) is 8.58. The highest BCUT2D eigenvalue weighted by Gasteiger charge is 2.28. The van der Waals surface area contributed by atoms with E-state index in [1.807, 2.05) is 30.5 Å². The van der Waals surface area contributed by atoms with Crippen molar-refractivity contribution in [2.45, 2.75) is 49.7 Å². The van der Waals surface area contributed by atoms with Crippen molar-refractivity contribution in [3.63, 3.8) is 0 Å². The Hall–Kier alpha value is -3.07. The highest BCUT2D eigenvalue weighted by atomic mass is 32.2. The predicted molar refractivity (Wildman–Crippen MR) is 120 cm³/mol. The number of nitrogens with zero attached hydrogens (tertiary/aromatic N) is 7. The van der Waals surface area contributed by atoms with E-state index in [9.17, 15) is 4.79 Å². The Bertz CT molecular complexity index is 1250. The van der Waals surface area contributed by atoms with Crippen molar-refractivity contribution >= 4 is 22.7 Å². The quantitative estimate of drug-likeness (QED) is 0.440. The fourth-order valence-corrected chi connectivity index (χ4v) is 5.14. The van der Waals surface area contributed by atoms with Crippen LogP contribution in [0.15, 0.2) is 58.7 Å². The van der Waals surface area contributed by atoms with Gasteiger partial charge in [-0.25, -0.2) is 0 Å². The third-order valence-electron chi connectivity index (χ3n) is 5.93. The monoisotopic (exact) mass is 433 g/mol. The van der Waals surface area contributed by atoms with Crippen LogP contribution in [0.1, 0.15) is 38.6 Å². The van der Waals surface area contributed by atoms with Gasteiger partial charge in [-0.1, -0.05) is 48.9 Å². The summed E-state index contributed by atoms with van der Waals surface area (Å²) >= 11 is 1.46. The SMILES string of the molecule is CC1CCCCC1n1c(SCn2nnc3ccccc3c2=O)nnc1-c1cccnc1. The zero-order chi connectivity index (χ0) is 21.2. The molecule has 2 unspecified atom stereocenters. The molecule has 8 nitrogen and oxygen atoms in total. The van der Waals surface area contributed by atoms with E-state index in [1.165, 1.54) is 35.7 Å². The lowest BCUT2D eigenvalue weighted by Gasteiger charge is -2.31. The molecule has 0 N–H and O–H groups in total. The lowest BCUT2D eigenvalue weighted by atomic mass is 9.85. The van der Waals surface area contributed by atoms with Gasteiger partial charge in [0.15, 0.2) is 11.0 Å². The molecule has 0 bridgehead atoms. The fourth-order valence-electron chi connectivity index (χ4n) is 4.27. The lowest BCUT2D eigenvalue weighted by Crippen LogP contribution is -2.24. The molecular formula is C22H23N7OS. The van der Waals surface area contributed by atoms with Gasteiger partial charge in [0.1, 0.15) is 5.52 Å². The second-order valence-electron chi connectivity index (χ2n) is 7.93. The molecule has 1 aromatic carbocycles. The molecule has 0 saturated heterocycles. The number of hydrogen-bond acceptors (Lipinski definition) is 7. The number of fused-ring (bicyclic) bond motifs is 1. The van der Waals surface area contributed by atoms with Gasteiger partial charge in [0.05, 0.1) is 11.3 Å². The Morgan fingerprint density at radius 3 is 2.77 bits per heavy atom. The first-order chi connectivity index (χ1) is 15.2. The largest absolute Gasteiger partial charge is 0.299 e. The van der Waals surface area contributed by atoms with Crippen molar-refractivity contribution in [3.8, 4) is 11.4 Å². The molecule has 31 heavy (non-hydrogen) atoms. The second-order valence-corrected chi connectivity index (χ2v) is 8.84. The van der Waals surface area contributed by atoms with Crippen molar-refractivity contribution in [1.82, 2.24) is 34.7 Å². The Balaban J connectivity index is 1.50. The van der Waals surface area contributed by atoms with Crippen LogP contribution in [-0.2, 0) is 5.88 Å². The lowest BCUT2D eigenvalue weighted by molar-refractivity contribution is 0.247. The maximum Gasteiger partial charge on any atom is 0.278 e. The van der Waals surface area contributed by atoms with E-state index < -0.39 is 0 Å². The van der Waals surface area contributed by atoms with Gasteiger partial charge in [-0.15, -0.1) is 15.3 Å². The zero-order valence-corrected chi connectivity index (χ0v) is 18.1. The summed E-state index contributed by atoms with van der Waals surface area (Å²) in [6.07, 6.45) is 8.31. The number of pyridine rings is 1. The molecule has 0 aliphatic heterocycles. The first-order valence-electron chi connectivity index (χ1n) is 10.5. The molecule has 4 aromatic rings. The van der Waals surface area contributed by atoms with Gasteiger partial charge in [-0.3, -0.25) is 14.3 Å². The molecule has 1 aliphatic carbocycles. The van der Waals surface area contributed by atoms with Crippen LogP contribution < -0.4 is 5.56 Å². The standard InChI is InChI=1S/C22H23N7OS/c1-15-7-2-5-11-19(15)29-20(16-8-6-12-23-13-16)25-26-22(29)31-14-28-21(30)17-9-3-4-10-18(17)24-27-28/h3-4,6,8-10,12-13,15,19H,2,5,7,11,14H2,1H3. The topological polar surface area (TPSA) is 91.4 Å². The summed E-state index contributed by atoms with van der Waals surface area (Å²) in [7, 11) is 0. The maximum atomic E-state index is 12.8. The normalized spacial score (nSPS) is 19.0. The molecule has 0 spiro atoms. The molecule has 3 heterocycles. The Labute approximate surface area is 183 Å². The predicted octanol–water partition coefficient (Wildman–Crippen LogP) is 3.95. The van der Waals surface area contributed by atoms with Gasteiger partial charge in [-0.05, 0) is 43.0 Å². The molecule has 5 rings (SSSR count). The summed E-state index contributed by atoms with van der Waals surface area (Å²) in [5, 5.41) is 18.6. The van der Waals surface area contributed by atoms with E-state index in [0.717, 1.165) is 23.0 Å². The van der Waals surface area contributed by atoms with Crippen LogP contribution in [0.5, 0.6) is 0 Å².